The molecule has 24 heavy (non-hydrogen) atoms. The van der Waals surface area contributed by atoms with Crippen LogP contribution in [0.2, 0.25) is 0 Å². The molecular formula is C24H34. The summed E-state index contributed by atoms with van der Waals surface area (Å²) in [6.45, 7) is 18.4. The zero-order valence-electron chi connectivity index (χ0n) is 16.8. The van der Waals surface area contributed by atoms with Crippen molar-refractivity contribution in [3.63, 3.8) is 0 Å². The Morgan fingerprint density at radius 3 is 1.71 bits per heavy atom. The molecule has 0 nitrogen and oxygen atoms in total. The summed E-state index contributed by atoms with van der Waals surface area (Å²) in [5.41, 5.74) is 8.71. The van der Waals surface area contributed by atoms with E-state index < -0.39 is 0 Å². The number of benzene rings is 2. The van der Waals surface area contributed by atoms with E-state index in [9.17, 15) is 0 Å². The van der Waals surface area contributed by atoms with Crippen LogP contribution in [0, 0.1) is 0 Å². The van der Waals surface area contributed by atoms with Gasteiger partial charge in [0.2, 0.25) is 0 Å². The molecule has 2 aromatic rings. The van der Waals surface area contributed by atoms with Gasteiger partial charge in [-0.15, -0.1) is 0 Å². The van der Waals surface area contributed by atoms with Gasteiger partial charge in [-0.05, 0) is 57.1 Å². The zero-order chi connectivity index (χ0) is 18.0. The van der Waals surface area contributed by atoms with Crippen LogP contribution >= 0.6 is 0 Å². The molecule has 0 saturated heterocycles. The maximum Gasteiger partial charge on any atom is -0.0144 e. The van der Waals surface area contributed by atoms with Crippen molar-refractivity contribution in [2.24, 2.45) is 0 Å². The molecule has 0 amide bonds. The van der Waals surface area contributed by atoms with Gasteiger partial charge < -0.3 is 0 Å². The third kappa shape index (κ3) is 3.91. The Morgan fingerprint density at radius 2 is 1.21 bits per heavy atom. The van der Waals surface area contributed by atoms with E-state index in [4.69, 9.17) is 0 Å². The summed E-state index contributed by atoms with van der Waals surface area (Å²) in [5, 5.41) is 0. The second-order valence-electron chi connectivity index (χ2n) is 8.32. The van der Waals surface area contributed by atoms with Gasteiger partial charge in [0.25, 0.3) is 0 Å². The van der Waals surface area contributed by atoms with Gasteiger partial charge in [-0.25, -0.2) is 0 Å². The summed E-state index contributed by atoms with van der Waals surface area (Å²) in [7, 11) is 0. The Bertz CT molecular complexity index is 687. The van der Waals surface area contributed by atoms with E-state index in [1.165, 1.54) is 33.4 Å². The Morgan fingerprint density at radius 1 is 0.583 bits per heavy atom. The molecule has 2 aromatic carbocycles. The predicted molar refractivity (Wildman–Crippen MR) is 108 cm³/mol. The minimum Gasteiger partial charge on any atom is -0.0614 e. The molecule has 0 saturated carbocycles. The fraction of sp³-hybridized carbons (Fsp3) is 0.500. The van der Waals surface area contributed by atoms with Crippen molar-refractivity contribution >= 4 is 0 Å². The van der Waals surface area contributed by atoms with Crippen LogP contribution < -0.4 is 0 Å². The fourth-order valence-corrected chi connectivity index (χ4v) is 3.46. The number of hydrogen-bond donors (Lipinski definition) is 0. The summed E-state index contributed by atoms with van der Waals surface area (Å²) in [4.78, 5) is 0. The van der Waals surface area contributed by atoms with Crippen molar-refractivity contribution in [2.45, 2.75) is 79.1 Å². The number of rotatable bonds is 5. The van der Waals surface area contributed by atoms with E-state index in [0.717, 1.165) is 0 Å². The minimum atomic E-state index is 0.529. The van der Waals surface area contributed by atoms with E-state index in [0.29, 0.717) is 23.7 Å². The molecule has 0 fully saturated rings. The van der Waals surface area contributed by atoms with Gasteiger partial charge in [-0.3, -0.25) is 0 Å². The molecule has 0 heteroatoms. The summed E-state index contributed by atoms with van der Waals surface area (Å²) in [6, 6.07) is 14.0. The molecule has 0 aliphatic rings. The second-order valence-corrected chi connectivity index (χ2v) is 8.32. The van der Waals surface area contributed by atoms with Crippen molar-refractivity contribution in [3.05, 3.63) is 58.7 Å². The lowest BCUT2D eigenvalue weighted by atomic mass is 9.81. The summed E-state index contributed by atoms with van der Waals surface area (Å²) in [6.07, 6.45) is 0. The normalized spacial score (nSPS) is 12.0. The van der Waals surface area contributed by atoms with Crippen molar-refractivity contribution in [3.8, 4) is 11.1 Å². The van der Waals surface area contributed by atoms with Crippen LogP contribution in [0.4, 0.5) is 0 Å². The van der Waals surface area contributed by atoms with E-state index in [1.807, 2.05) is 0 Å². The molecule has 0 unspecified atom stereocenters. The standard InChI is InChI=1S/C24H34/c1-15(2)19-10-9-11-20(12-19)23-14-21(16(3)4)13-22(17(5)6)24(23)18(7)8/h9-18H,1-8H3. The molecular weight excluding hydrogens is 288 g/mol. The van der Waals surface area contributed by atoms with E-state index in [-0.39, 0.29) is 0 Å². The van der Waals surface area contributed by atoms with Crippen LogP contribution in [0.25, 0.3) is 11.1 Å². The molecule has 0 radical (unpaired) electrons. The quantitative estimate of drug-likeness (QED) is 0.525. The lowest BCUT2D eigenvalue weighted by Gasteiger charge is -2.24. The average Bonchev–Trinajstić information content (AvgIpc) is 2.53. The van der Waals surface area contributed by atoms with Gasteiger partial charge in [0.05, 0.1) is 0 Å². The van der Waals surface area contributed by atoms with Crippen LogP contribution in [0.3, 0.4) is 0 Å². The van der Waals surface area contributed by atoms with Crippen molar-refractivity contribution in [2.75, 3.05) is 0 Å². The Labute approximate surface area is 149 Å². The first-order valence-electron chi connectivity index (χ1n) is 9.50. The second kappa shape index (κ2) is 7.55. The summed E-state index contributed by atoms with van der Waals surface area (Å²) >= 11 is 0. The third-order valence-electron chi connectivity index (χ3n) is 4.96. The largest absolute Gasteiger partial charge is 0.0614 e. The SMILES string of the molecule is CC(C)c1cccc(-c2cc(C(C)C)cc(C(C)C)c2C(C)C)c1. The molecule has 0 atom stereocenters. The van der Waals surface area contributed by atoms with Gasteiger partial charge >= 0.3 is 0 Å². The molecule has 130 valence electrons. The van der Waals surface area contributed by atoms with Crippen molar-refractivity contribution < 1.29 is 0 Å². The highest BCUT2D eigenvalue weighted by molar-refractivity contribution is 5.72. The molecule has 0 N–H and O–H groups in total. The van der Waals surface area contributed by atoms with Crippen LogP contribution in [-0.2, 0) is 0 Å². The third-order valence-corrected chi connectivity index (χ3v) is 4.96. The molecule has 0 heterocycles. The molecule has 0 bridgehead atoms. The lowest BCUT2D eigenvalue weighted by molar-refractivity contribution is 0.780. The monoisotopic (exact) mass is 322 g/mol. The smallest absolute Gasteiger partial charge is 0.0144 e. The zero-order valence-corrected chi connectivity index (χ0v) is 16.8. The van der Waals surface area contributed by atoms with Gasteiger partial charge in [0, 0.05) is 0 Å². The first-order valence-corrected chi connectivity index (χ1v) is 9.50. The van der Waals surface area contributed by atoms with Crippen LogP contribution in [0.5, 0.6) is 0 Å². The highest BCUT2D eigenvalue weighted by atomic mass is 14.2. The summed E-state index contributed by atoms with van der Waals surface area (Å²) < 4.78 is 0. The Hall–Kier alpha value is -1.56. The Kier molecular flexibility index (Phi) is 5.91. The molecule has 0 spiro atoms. The highest BCUT2D eigenvalue weighted by Gasteiger charge is 2.18. The van der Waals surface area contributed by atoms with E-state index >= 15 is 0 Å². The topological polar surface area (TPSA) is 0 Å². The number of hydrogen-bond acceptors (Lipinski definition) is 0. The first-order chi connectivity index (χ1) is 11.2. The van der Waals surface area contributed by atoms with Crippen molar-refractivity contribution in [1.82, 2.24) is 0 Å². The lowest BCUT2D eigenvalue weighted by Crippen LogP contribution is -2.05. The summed E-state index contributed by atoms with van der Waals surface area (Å²) in [5.74, 6) is 2.19. The minimum absolute atomic E-state index is 0.529. The first kappa shape index (κ1) is 18.8. The Balaban J connectivity index is 2.77. The maximum absolute atomic E-state index is 2.44. The van der Waals surface area contributed by atoms with E-state index in [2.05, 4.69) is 91.8 Å². The van der Waals surface area contributed by atoms with Gasteiger partial charge in [-0.1, -0.05) is 91.8 Å². The van der Waals surface area contributed by atoms with Crippen LogP contribution in [0.1, 0.15) is 101 Å². The van der Waals surface area contributed by atoms with Crippen molar-refractivity contribution in [1.29, 1.82) is 0 Å². The molecule has 0 aliphatic heterocycles. The predicted octanol–water partition coefficient (Wildman–Crippen LogP) is 7.85. The van der Waals surface area contributed by atoms with Gasteiger partial charge in [-0.2, -0.15) is 0 Å². The van der Waals surface area contributed by atoms with Gasteiger partial charge in [0.15, 0.2) is 0 Å². The highest BCUT2D eigenvalue weighted by Crippen LogP contribution is 2.38. The van der Waals surface area contributed by atoms with Gasteiger partial charge in [0.1, 0.15) is 0 Å². The molecule has 0 aromatic heterocycles. The van der Waals surface area contributed by atoms with Crippen LogP contribution in [-0.4, -0.2) is 0 Å². The fourth-order valence-electron chi connectivity index (χ4n) is 3.46. The molecule has 0 aliphatic carbocycles. The van der Waals surface area contributed by atoms with Crippen LogP contribution in [0.15, 0.2) is 36.4 Å². The average molecular weight is 323 g/mol. The van der Waals surface area contributed by atoms with E-state index in [1.54, 1.807) is 0 Å². The molecule has 2 rings (SSSR count). The maximum atomic E-state index is 2.44.